The highest BCUT2D eigenvalue weighted by atomic mass is 19.4. The van der Waals surface area contributed by atoms with Crippen LogP contribution in [0.3, 0.4) is 0 Å². The van der Waals surface area contributed by atoms with E-state index in [2.05, 4.69) is 0 Å². The number of methoxy groups -OCH3 is 1. The van der Waals surface area contributed by atoms with Gasteiger partial charge in [0.2, 0.25) is 0 Å². The first-order valence-corrected chi connectivity index (χ1v) is 11.6. The number of hydrogen-bond donors (Lipinski definition) is 0. The third-order valence-corrected chi connectivity index (χ3v) is 6.08. The predicted octanol–water partition coefficient (Wildman–Crippen LogP) is 6.55. The zero-order chi connectivity index (χ0) is 27.9. The highest BCUT2D eigenvalue weighted by molar-refractivity contribution is 5.71. The molecule has 3 aromatic carbocycles. The number of ether oxygens (including phenoxy) is 2. The van der Waals surface area contributed by atoms with Gasteiger partial charge in [0.15, 0.2) is 0 Å². The normalized spacial score (nSPS) is 13.1. The van der Waals surface area contributed by atoms with Crippen LogP contribution in [0.15, 0.2) is 78.9 Å². The Balaban J connectivity index is 1.94. The molecule has 0 aliphatic heterocycles. The number of carbonyl (C=O) groups is 1. The van der Waals surface area contributed by atoms with Gasteiger partial charge < -0.3 is 9.47 Å². The summed E-state index contributed by atoms with van der Waals surface area (Å²) in [7, 11) is 2.93. The molecule has 0 heterocycles. The van der Waals surface area contributed by atoms with E-state index in [1.165, 1.54) is 7.11 Å². The molecule has 1 atom stereocenters. The van der Waals surface area contributed by atoms with E-state index in [0.29, 0.717) is 12.1 Å². The second-order valence-electron chi connectivity index (χ2n) is 8.79. The molecule has 4 nitrogen and oxygen atoms in total. The third kappa shape index (κ3) is 7.82. The number of halogens is 6. The Bertz CT molecular complexity index is 1110. The van der Waals surface area contributed by atoms with E-state index < -0.39 is 42.1 Å². The number of nitrogens with zero attached hydrogens (tertiary/aromatic N) is 1. The predicted molar refractivity (Wildman–Crippen MR) is 129 cm³/mol. The van der Waals surface area contributed by atoms with Crippen LogP contribution in [0.4, 0.5) is 26.3 Å². The number of alkyl halides is 6. The Morgan fingerprint density at radius 3 is 1.71 bits per heavy atom. The number of likely N-dealkylation sites (N-methyl/N-ethyl adjacent to an activating group) is 1. The Morgan fingerprint density at radius 1 is 0.816 bits per heavy atom. The third-order valence-electron chi connectivity index (χ3n) is 6.08. The molecule has 10 heteroatoms. The molecule has 0 amide bonds. The zero-order valence-electron chi connectivity index (χ0n) is 20.7. The van der Waals surface area contributed by atoms with Crippen molar-refractivity contribution in [2.45, 2.75) is 30.9 Å². The monoisotopic (exact) mass is 539 g/mol. The second kappa shape index (κ2) is 12.4. The molecule has 0 aromatic heterocycles. The van der Waals surface area contributed by atoms with Crippen molar-refractivity contribution in [1.29, 1.82) is 0 Å². The lowest BCUT2D eigenvalue weighted by Crippen LogP contribution is -2.43. The topological polar surface area (TPSA) is 38.8 Å². The largest absolute Gasteiger partial charge is 0.468 e. The van der Waals surface area contributed by atoms with Gasteiger partial charge in [0.05, 0.1) is 38.0 Å². The first kappa shape index (κ1) is 29.2. The van der Waals surface area contributed by atoms with E-state index in [1.807, 2.05) is 60.7 Å². The van der Waals surface area contributed by atoms with Gasteiger partial charge >= 0.3 is 18.3 Å². The molecule has 0 bridgehead atoms. The summed E-state index contributed by atoms with van der Waals surface area (Å²) >= 11 is 0. The zero-order valence-corrected chi connectivity index (χ0v) is 20.7. The molecule has 0 saturated heterocycles. The van der Waals surface area contributed by atoms with Crippen LogP contribution in [-0.4, -0.2) is 44.2 Å². The van der Waals surface area contributed by atoms with E-state index >= 15 is 0 Å². The SMILES string of the molecule is COC(=O)CN(C)C(COCc1cc(C(F)(F)F)cc(C(F)(F)F)c1)C(c1ccccc1)c1ccccc1. The van der Waals surface area contributed by atoms with Crippen molar-refractivity contribution in [2.24, 2.45) is 0 Å². The van der Waals surface area contributed by atoms with Gasteiger partial charge in [-0.05, 0) is 41.9 Å². The molecule has 38 heavy (non-hydrogen) atoms. The van der Waals surface area contributed by atoms with Crippen LogP contribution < -0.4 is 0 Å². The molecular weight excluding hydrogens is 512 g/mol. The van der Waals surface area contributed by atoms with Gasteiger partial charge in [-0.15, -0.1) is 0 Å². The Hall–Kier alpha value is -3.37. The molecule has 0 radical (unpaired) electrons. The fraction of sp³-hybridized carbons (Fsp3) is 0.321. The molecule has 0 spiro atoms. The maximum Gasteiger partial charge on any atom is 0.416 e. The lowest BCUT2D eigenvalue weighted by molar-refractivity contribution is -0.143. The van der Waals surface area contributed by atoms with Crippen molar-refractivity contribution in [3.63, 3.8) is 0 Å². The Labute approximate surface area is 216 Å². The summed E-state index contributed by atoms with van der Waals surface area (Å²) in [5.74, 6) is -0.843. The van der Waals surface area contributed by atoms with E-state index in [4.69, 9.17) is 9.47 Å². The summed E-state index contributed by atoms with van der Waals surface area (Å²) in [6, 6.07) is 19.6. The quantitative estimate of drug-likeness (QED) is 0.217. The fourth-order valence-corrected chi connectivity index (χ4v) is 4.22. The van der Waals surface area contributed by atoms with Crippen molar-refractivity contribution >= 4 is 5.97 Å². The molecule has 1 unspecified atom stereocenters. The summed E-state index contributed by atoms with van der Waals surface area (Å²) in [4.78, 5) is 13.8. The van der Waals surface area contributed by atoms with Crippen molar-refractivity contribution in [3.8, 4) is 0 Å². The van der Waals surface area contributed by atoms with Crippen LogP contribution in [0.1, 0.15) is 33.7 Å². The number of benzene rings is 3. The molecule has 3 aromatic rings. The number of rotatable bonds is 10. The van der Waals surface area contributed by atoms with Crippen LogP contribution >= 0.6 is 0 Å². The van der Waals surface area contributed by atoms with Gasteiger partial charge in [-0.3, -0.25) is 9.69 Å². The van der Waals surface area contributed by atoms with Gasteiger partial charge in [0, 0.05) is 12.0 Å². The molecule has 0 aliphatic rings. The summed E-state index contributed by atoms with van der Waals surface area (Å²) in [6.07, 6.45) is -9.91. The minimum atomic E-state index is -4.95. The maximum absolute atomic E-state index is 13.3. The molecule has 0 aliphatic carbocycles. The van der Waals surface area contributed by atoms with Crippen LogP contribution in [0.2, 0.25) is 0 Å². The molecule has 0 N–H and O–H groups in total. The first-order chi connectivity index (χ1) is 17.9. The smallest absolute Gasteiger partial charge is 0.416 e. The average molecular weight is 540 g/mol. The van der Waals surface area contributed by atoms with Crippen molar-refractivity contribution in [1.82, 2.24) is 4.90 Å². The van der Waals surface area contributed by atoms with Gasteiger partial charge in [-0.25, -0.2) is 0 Å². The van der Waals surface area contributed by atoms with Crippen LogP contribution in [0, 0.1) is 0 Å². The Morgan fingerprint density at radius 2 is 1.29 bits per heavy atom. The minimum Gasteiger partial charge on any atom is -0.468 e. The van der Waals surface area contributed by atoms with E-state index in [9.17, 15) is 31.1 Å². The van der Waals surface area contributed by atoms with Crippen LogP contribution in [0.5, 0.6) is 0 Å². The van der Waals surface area contributed by atoms with Crippen molar-refractivity contribution in [3.05, 3.63) is 107 Å². The minimum absolute atomic E-state index is 0.0806. The van der Waals surface area contributed by atoms with Crippen molar-refractivity contribution < 1.29 is 40.6 Å². The highest BCUT2D eigenvalue weighted by Crippen LogP contribution is 2.37. The van der Waals surface area contributed by atoms with Gasteiger partial charge in [-0.2, -0.15) is 26.3 Å². The number of carbonyl (C=O) groups excluding carboxylic acids is 1. The first-order valence-electron chi connectivity index (χ1n) is 11.6. The highest BCUT2D eigenvalue weighted by Gasteiger charge is 2.37. The Kier molecular flexibility index (Phi) is 9.56. The summed E-state index contributed by atoms with van der Waals surface area (Å²) < 4.78 is 90.2. The molecule has 3 rings (SSSR count). The van der Waals surface area contributed by atoms with Crippen molar-refractivity contribution in [2.75, 3.05) is 27.3 Å². The second-order valence-corrected chi connectivity index (χ2v) is 8.79. The fourth-order valence-electron chi connectivity index (χ4n) is 4.22. The molecule has 0 fully saturated rings. The van der Waals surface area contributed by atoms with Gasteiger partial charge in [0.25, 0.3) is 0 Å². The lowest BCUT2D eigenvalue weighted by Gasteiger charge is -2.35. The van der Waals surface area contributed by atoms with E-state index in [-0.39, 0.29) is 30.7 Å². The summed E-state index contributed by atoms with van der Waals surface area (Å²) in [6.45, 7) is -0.701. The van der Waals surface area contributed by atoms with Gasteiger partial charge in [-0.1, -0.05) is 60.7 Å². The van der Waals surface area contributed by atoms with Crippen LogP contribution in [0.25, 0.3) is 0 Å². The molecule has 0 saturated carbocycles. The van der Waals surface area contributed by atoms with E-state index in [0.717, 1.165) is 11.1 Å². The van der Waals surface area contributed by atoms with E-state index in [1.54, 1.807) is 11.9 Å². The van der Waals surface area contributed by atoms with Gasteiger partial charge in [0.1, 0.15) is 0 Å². The summed E-state index contributed by atoms with van der Waals surface area (Å²) in [5.41, 5.74) is -1.30. The summed E-state index contributed by atoms with van der Waals surface area (Å²) in [5, 5.41) is 0. The lowest BCUT2D eigenvalue weighted by atomic mass is 9.84. The standard InChI is InChI=1S/C28H27F6NO3/c1-35(16-25(36)37-2)24(26(20-9-5-3-6-10-20)21-11-7-4-8-12-21)18-38-17-19-13-22(27(29,30)31)15-23(14-19)28(32,33)34/h3-15,24,26H,16-18H2,1-2H3. The average Bonchev–Trinajstić information content (AvgIpc) is 2.88. The maximum atomic E-state index is 13.3. The molecule has 204 valence electrons. The van der Waals surface area contributed by atoms with Crippen LogP contribution in [-0.2, 0) is 33.2 Å². The number of esters is 1. The number of hydrogen-bond acceptors (Lipinski definition) is 4. The molecular formula is C28H27F6NO3.